The number of rotatable bonds is 16. The number of aryl methyl sites for hydroxylation is 2. The average Bonchev–Trinajstić information content (AvgIpc) is 3.41. The second-order valence-electron chi connectivity index (χ2n) is 13.1. The fourth-order valence-electron chi connectivity index (χ4n) is 6.55. The minimum atomic E-state index is -0.415. The van der Waals surface area contributed by atoms with Gasteiger partial charge in [0.05, 0.1) is 24.1 Å². The van der Waals surface area contributed by atoms with Crippen molar-refractivity contribution in [3.63, 3.8) is 0 Å². The summed E-state index contributed by atoms with van der Waals surface area (Å²) in [6, 6.07) is 13.7. The van der Waals surface area contributed by atoms with Crippen LogP contribution >= 0.6 is 23.5 Å². The van der Waals surface area contributed by atoms with E-state index in [1.54, 1.807) is 30.2 Å². The number of fused-ring (bicyclic) bond motifs is 1. The Kier molecular flexibility index (Phi) is 12.7. The molecule has 1 unspecified atom stereocenters. The topological polar surface area (TPSA) is 102 Å². The van der Waals surface area contributed by atoms with Crippen LogP contribution in [-0.2, 0) is 13.5 Å². The van der Waals surface area contributed by atoms with E-state index in [4.69, 9.17) is 22.1 Å². The van der Waals surface area contributed by atoms with Gasteiger partial charge in [0, 0.05) is 48.6 Å². The van der Waals surface area contributed by atoms with Crippen molar-refractivity contribution < 1.29 is 14.3 Å². The summed E-state index contributed by atoms with van der Waals surface area (Å²) < 4.78 is 10.9. The van der Waals surface area contributed by atoms with E-state index in [9.17, 15) is 9.59 Å². The monoisotopic (exact) mass is 677 g/mol. The quantitative estimate of drug-likeness (QED) is 0.120. The number of primary amides is 1. The molecule has 1 aliphatic carbocycles. The van der Waals surface area contributed by atoms with Crippen molar-refractivity contribution in [2.75, 3.05) is 30.3 Å². The lowest BCUT2D eigenvalue weighted by Gasteiger charge is -2.41. The Morgan fingerprint density at radius 1 is 1.17 bits per heavy atom. The minimum Gasteiger partial charge on any atom is -0.491 e. The van der Waals surface area contributed by atoms with Crippen LogP contribution in [0.15, 0.2) is 67.0 Å². The smallest absolute Gasteiger partial charge is 0.264 e. The van der Waals surface area contributed by atoms with Crippen LogP contribution in [0.25, 0.3) is 0 Å². The number of nitrogens with zero attached hydrogens (tertiary/aromatic N) is 3. The number of allylic oxidation sites excluding steroid dienone is 2. The predicted molar refractivity (Wildman–Crippen MR) is 192 cm³/mol. The normalized spacial score (nSPS) is 19.8. The first-order chi connectivity index (χ1) is 22.8. The van der Waals surface area contributed by atoms with Gasteiger partial charge in [-0.25, -0.2) is 0 Å². The molecule has 1 fully saturated rings. The van der Waals surface area contributed by atoms with Gasteiger partial charge in [0.15, 0.2) is 0 Å². The number of hydrogen-bond acceptors (Lipinski definition) is 6. The molecule has 2 aliphatic rings. The van der Waals surface area contributed by atoms with Crippen LogP contribution in [0.1, 0.15) is 78.1 Å². The third-order valence-corrected chi connectivity index (χ3v) is 10.8. The molecule has 1 aromatic heterocycles. The molecule has 1 saturated carbocycles. The Bertz CT molecular complexity index is 1530. The summed E-state index contributed by atoms with van der Waals surface area (Å²) in [7, 11) is 1.81. The molecule has 47 heavy (non-hydrogen) atoms. The number of nitrogens with two attached hydrogens (primary N) is 1. The molecule has 3 N–H and O–H groups in total. The number of hydrogen-bond donors (Lipinski definition) is 2. The van der Waals surface area contributed by atoms with Gasteiger partial charge in [0.1, 0.15) is 5.75 Å². The molecule has 0 radical (unpaired) electrons. The number of carbonyl (C=O) groups excluding carboxylic acids is 2. The molecule has 3 aromatic rings. The van der Waals surface area contributed by atoms with Gasteiger partial charge >= 0.3 is 0 Å². The van der Waals surface area contributed by atoms with E-state index >= 15 is 0 Å². The van der Waals surface area contributed by atoms with E-state index in [1.807, 2.05) is 24.3 Å². The number of anilines is 1. The SMILES string of the molecule is CC[C@@H](C/C=C/C[C@@H]1CC[C@H]1CN1CC(CCCc2cccc(Cl)c2)COc2ccc(C(N)=O)cc21)CSNC(=O)c1cnn(C)c1. The molecular weight excluding hydrogens is 630 g/mol. The zero-order chi connectivity index (χ0) is 33.2. The van der Waals surface area contributed by atoms with Crippen LogP contribution in [0.3, 0.4) is 0 Å². The summed E-state index contributed by atoms with van der Waals surface area (Å²) in [5, 5.41) is 4.85. The molecule has 252 valence electrons. The highest BCUT2D eigenvalue weighted by atomic mass is 35.5. The molecule has 0 bridgehead atoms. The molecule has 4 atom stereocenters. The van der Waals surface area contributed by atoms with E-state index in [2.05, 4.69) is 45.9 Å². The standard InChI is InChI=1S/C37H48ClN5O3S/c1-3-26(25-47-41-37(45)32-20-40-42(2)22-32)8-4-5-12-29-14-15-31(29)23-43-21-28(11-6-9-27-10-7-13-33(38)18-27)24-46-35-17-16-30(36(39)44)19-34(35)43/h4-5,7,10,13,16-20,22,26,28-29,31H,3,6,8-9,11-12,14-15,21,23-25H2,1-2H3,(H2,39,44)(H,41,45)/b5-4+/t26-,28?,29+,31-/m0/s1. The van der Waals surface area contributed by atoms with E-state index < -0.39 is 5.91 Å². The van der Waals surface area contributed by atoms with Gasteiger partial charge in [-0.05, 0) is 111 Å². The maximum absolute atomic E-state index is 12.3. The highest BCUT2D eigenvalue weighted by Gasteiger charge is 2.34. The van der Waals surface area contributed by atoms with Crippen LogP contribution in [0.5, 0.6) is 5.75 Å². The zero-order valence-electron chi connectivity index (χ0n) is 27.6. The zero-order valence-corrected chi connectivity index (χ0v) is 29.1. The van der Waals surface area contributed by atoms with Crippen LogP contribution in [0.4, 0.5) is 5.69 Å². The summed E-state index contributed by atoms with van der Waals surface area (Å²) in [5.41, 5.74) is 9.03. The van der Waals surface area contributed by atoms with E-state index in [0.717, 1.165) is 73.8 Å². The third kappa shape index (κ3) is 10.0. The van der Waals surface area contributed by atoms with Crippen molar-refractivity contribution in [2.45, 2.75) is 58.3 Å². The van der Waals surface area contributed by atoms with Crippen molar-refractivity contribution in [3.05, 3.63) is 88.7 Å². The highest BCUT2D eigenvalue weighted by molar-refractivity contribution is 7.97. The number of aromatic nitrogens is 2. The van der Waals surface area contributed by atoms with Crippen molar-refractivity contribution in [1.82, 2.24) is 14.5 Å². The first-order valence-corrected chi connectivity index (χ1v) is 18.3. The summed E-state index contributed by atoms with van der Waals surface area (Å²) in [6.45, 7) is 4.72. The fourth-order valence-corrected chi connectivity index (χ4v) is 7.70. The van der Waals surface area contributed by atoms with Crippen LogP contribution in [0, 0.1) is 23.7 Å². The molecule has 2 amide bonds. The second-order valence-corrected chi connectivity index (χ2v) is 14.4. The predicted octanol–water partition coefficient (Wildman–Crippen LogP) is 7.48. The number of amides is 2. The molecule has 5 rings (SSSR count). The van der Waals surface area contributed by atoms with Gasteiger partial charge in [0.25, 0.3) is 5.91 Å². The van der Waals surface area contributed by atoms with Crippen molar-refractivity contribution >= 4 is 41.1 Å². The molecule has 1 aliphatic heterocycles. The average molecular weight is 678 g/mol. The Morgan fingerprint density at radius 3 is 2.74 bits per heavy atom. The maximum Gasteiger partial charge on any atom is 0.264 e. The van der Waals surface area contributed by atoms with Gasteiger partial charge in [-0.1, -0.05) is 49.2 Å². The number of carbonyl (C=O) groups is 2. The first kappa shape index (κ1) is 34.9. The van der Waals surface area contributed by atoms with Crippen LogP contribution in [0.2, 0.25) is 5.02 Å². The van der Waals surface area contributed by atoms with Crippen molar-refractivity contribution in [3.8, 4) is 5.75 Å². The van der Waals surface area contributed by atoms with Gasteiger partial charge in [-0.2, -0.15) is 5.10 Å². The first-order valence-electron chi connectivity index (χ1n) is 16.9. The maximum atomic E-state index is 12.3. The highest BCUT2D eigenvalue weighted by Crippen LogP contribution is 2.41. The summed E-state index contributed by atoms with van der Waals surface area (Å²) in [6.07, 6.45) is 16.7. The lowest BCUT2D eigenvalue weighted by atomic mass is 9.71. The summed E-state index contributed by atoms with van der Waals surface area (Å²) in [4.78, 5) is 26.8. The number of nitrogens with one attached hydrogen (secondary N) is 1. The van der Waals surface area contributed by atoms with Gasteiger partial charge in [-0.3, -0.25) is 19.0 Å². The molecular formula is C37H48ClN5O3S. The fraction of sp³-hybridized carbons (Fsp3) is 0.486. The largest absolute Gasteiger partial charge is 0.491 e. The Hall–Kier alpha value is -3.43. The summed E-state index contributed by atoms with van der Waals surface area (Å²) in [5.74, 6) is 3.33. The second kappa shape index (κ2) is 17.1. The Morgan fingerprint density at radius 2 is 2.02 bits per heavy atom. The lowest BCUT2D eigenvalue weighted by molar-refractivity contribution is 0.0980. The lowest BCUT2D eigenvalue weighted by Crippen LogP contribution is -2.40. The van der Waals surface area contributed by atoms with Gasteiger partial charge < -0.3 is 15.4 Å². The van der Waals surface area contributed by atoms with Crippen LogP contribution < -0.4 is 20.1 Å². The number of benzene rings is 2. The van der Waals surface area contributed by atoms with Gasteiger partial charge in [-0.15, -0.1) is 0 Å². The third-order valence-electron chi connectivity index (χ3n) is 9.64. The van der Waals surface area contributed by atoms with E-state index in [1.165, 1.54) is 30.4 Å². The molecule has 2 heterocycles. The Balaban J connectivity index is 1.13. The van der Waals surface area contributed by atoms with E-state index in [-0.39, 0.29) is 5.91 Å². The number of ether oxygens (including phenoxy) is 1. The van der Waals surface area contributed by atoms with E-state index in [0.29, 0.717) is 41.4 Å². The molecule has 10 heteroatoms. The molecule has 0 spiro atoms. The van der Waals surface area contributed by atoms with Crippen molar-refractivity contribution in [1.29, 1.82) is 0 Å². The molecule has 0 saturated heterocycles. The number of halogens is 1. The summed E-state index contributed by atoms with van der Waals surface area (Å²) >= 11 is 7.69. The van der Waals surface area contributed by atoms with Crippen LogP contribution in [-0.4, -0.2) is 47.0 Å². The van der Waals surface area contributed by atoms with Gasteiger partial charge in [0.2, 0.25) is 5.91 Å². The molecule has 2 aromatic carbocycles. The minimum absolute atomic E-state index is 0.0992. The Labute approximate surface area is 288 Å². The molecule has 8 nitrogen and oxygen atoms in total. The van der Waals surface area contributed by atoms with Crippen molar-refractivity contribution in [2.24, 2.45) is 36.5 Å².